The average molecular weight is 596 g/mol. The maximum Gasteiger partial charge on any atom is 0.490 e. The van der Waals surface area contributed by atoms with Gasteiger partial charge in [-0.15, -0.1) is 0 Å². The number of carbonyl (C=O) groups excluding carboxylic acids is 2. The highest BCUT2D eigenvalue weighted by atomic mass is 19.4. The lowest BCUT2D eigenvalue weighted by Crippen LogP contribution is -2.33. The molecule has 2 atom stereocenters. The van der Waals surface area contributed by atoms with Crippen LogP contribution in [0.1, 0.15) is 29.7 Å². The molecule has 2 aliphatic heterocycles. The van der Waals surface area contributed by atoms with Crippen LogP contribution in [-0.4, -0.2) is 40.3 Å². The maximum absolute atomic E-state index is 13.4. The van der Waals surface area contributed by atoms with Crippen LogP contribution in [0.3, 0.4) is 0 Å². The van der Waals surface area contributed by atoms with Gasteiger partial charge in [0.1, 0.15) is 18.0 Å². The summed E-state index contributed by atoms with van der Waals surface area (Å²) in [5, 5.41) is 18.1. The zero-order chi connectivity index (χ0) is 31.1. The molecule has 4 bridgehead atoms. The third kappa shape index (κ3) is 8.35. The summed E-state index contributed by atoms with van der Waals surface area (Å²) in [6, 6.07) is 22.1. The van der Waals surface area contributed by atoms with E-state index in [2.05, 4.69) is 20.9 Å². The van der Waals surface area contributed by atoms with E-state index in [1.807, 2.05) is 73.7 Å². The van der Waals surface area contributed by atoms with Crippen LogP contribution < -0.4 is 21.7 Å². The largest absolute Gasteiger partial charge is 0.490 e. The SMILES string of the molecule is CC1Cc2ccc(cc2)C(Nc2ccc3c(N)nccc3c2)C(=O)NCc2cccc(c2)NC(=O)O1.O=C(O)C(F)(F)F. The number of amides is 2. The topological polar surface area (TPSA) is 156 Å². The average Bonchev–Trinajstić information content (AvgIpc) is 2.95. The Morgan fingerprint density at radius 1 is 1.05 bits per heavy atom. The molecule has 2 unspecified atom stereocenters. The first-order valence-electron chi connectivity index (χ1n) is 13.0. The van der Waals surface area contributed by atoms with Crippen LogP contribution in [-0.2, 0) is 27.3 Å². The van der Waals surface area contributed by atoms with Gasteiger partial charge in [0.2, 0.25) is 5.91 Å². The quantitative estimate of drug-likeness (QED) is 0.206. The number of carboxylic acids is 1. The molecule has 2 aliphatic rings. The number of anilines is 3. The standard InChI is InChI=1S/C28H27N5O3.C2HF3O2/c1-17-13-18-5-7-20(8-6-18)25(32-23-9-10-24-21(15-23)11-12-30-26(24)29)27(34)31-16-19-3-2-4-22(14-19)33-28(35)36-17;3-2(4,5)1(6)7/h2-12,14-15,17,25,32H,13,16H2,1H3,(H2,29,30)(H,31,34)(H,33,35);(H,6,7). The summed E-state index contributed by atoms with van der Waals surface area (Å²) in [5.74, 6) is -2.46. The summed E-state index contributed by atoms with van der Waals surface area (Å²) in [6.45, 7) is 2.16. The van der Waals surface area contributed by atoms with Crippen molar-refractivity contribution >= 4 is 45.9 Å². The molecule has 0 saturated heterocycles. The van der Waals surface area contributed by atoms with Crippen LogP contribution in [0.15, 0.2) is 79.0 Å². The number of hydrogen-bond acceptors (Lipinski definition) is 7. The maximum atomic E-state index is 13.4. The van der Waals surface area contributed by atoms with Crippen LogP contribution in [0.25, 0.3) is 10.8 Å². The third-order valence-corrected chi connectivity index (χ3v) is 6.40. The highest BCUT2D eigenvalue weighted by Gasteiger charge is 2.38. The molecule has 43 heavy (non-hydrogen) atoms. The normalized spacial score (nSPS) is 17.1. The monoisotopic (exact) mass is 595 g/mol. The van der Waals surface area contributed by atoms with E-state index in [9.17, 15) is 22.8 Å². The van der Waals surface area contributed by atoms with Crippen LogP contribution in [0, 0.1) is 0 Å². The number of halogens is 3. The Morgan fingerprint density at radius 3 is 2.47 bits per heavy atom. The molecule has 6 rings (SSSR count). The van der Waals surface area contributed by atoms with Gasteiger partial charge in [-0.25, -0.2) is 14.6 Å². The second-order valence-corrected chi connectivity index (χ2v) is 9.72. The van der Waals surface area contributed by atoms with Crippen molar-refractivity contribution in [1.82, 2.24) is 10.3 Å². The summed E-state index contributed by atoms with van der Waals surface area (Å²) >= 11 is 0. The lowest BCUT2D eigenvalue weighted by atomic mass is 10.0. The van der Waals surface area contributed by atoms with Crippen molar-refractivity contribution in [3.05, 3.63) is 95.7 Å². The first kappa shape index (κ1) is 30.6. The Morgan fingerprint density at radius 2 is 1.77 bits per heavy atom. The van der Waals surface area contributed by atoms with Crippen LogP contribution in [0.2, 0.25) is 0 Å². The molecule has 1 aromatic heterocycles. The third-order valence-electron chi connectivity index (χ3n) is 6.40. The van der Waals surface area contributed by atoms with E-state index in [-0.39, 0.29) is 12.0 Å². The molecule has 3 heterocycles. The highest BCUT2D eigenvalue weighted by molar-refractivity contribution is 5.94. The van der Waals surface area contributed by atoms with Crippen LogP contribution in [0.5, 0.6) is 0 Å². The highest BCUT2D eigenvalue weighted by Crippen LogP contribution is 2.27. The molecule has 0 spiro atoms. The molecule has 0 saturated carbocycles. The smallest absolute Gasteiger partial charge is 0.475 e. The summed E-state index contributed by atoms with van der Waals surface area (Å²) in [7, 11) is 0. The summed E-state index contributed by atoms with van der Waals surface area (Å²) in [6.07, 6.45) is -3.69. The minimum Gasteiger partial charge on any atom is -0.475 e. The number of aromatic nitrogens is 1. The molecule has 13 heteroatoms. The predicted octanol–water partition coefficient (Wildman–Crippen LogP) is 5.41. The molecule has 4 aromatic rings. The number of carboxylic acid groups (broad SMARTS) is 1. The Kier molecular flexibility index (Phi) is 9.33. The van der Waals surface area contributed by atoms with Crippen LogP contribution >= 0.6 is 0 Å². The minimum absolute atomic E-state index is 0.171. The number of nitrogens with zero attached hydrogens (tertiary/aromatic N) is 1. The zero-order valence-electron chi connectivity index (χ0n) is 22.8. The lowest BCUT2D eigenvalue weighted by molar-refractivity contribution is -0.192. The number of carbonyl (C=O) groups is 3. The summed E-state index contributed by atoms with van der Waals surface area (Å²) in [4.78, 5) is 38.8. The van der Waals surface area contributed by atoms with Crippen molar-refractivity contribution in [2.45, 2.75) is 38.2 Å². The van der Waals surface area contributed by atoms with E-state index in [0.29, 0.717) is 24.5 Å². The summed E-state index contributed by atoms with van der Waals surface area (Å²) in [5.41, 5.74) is 10.1. The van der Waals surface area contributed by atoms with Gasteiger partial charge in [-0.05, 0) is 65.4 Å². The first-order chi connectivity index (χ1) is 20.4. The minimum atomic E-state index is -5.08. The molecular formula is C30H28F3N5O5. The Labute approximate surface area is 244 Å². The van der Waals surface area contributed by atoms with Gasteiger partial charge in [0.15, 0.2) is 0 Å². The van der Waals surface area contributed by atoms with Crippen molar-refractivity contribution in [3.8, 4) is 0 Å². The van der Waals surface area contributed by atoms with Gasteiger partial charge in [0.25, 0.3) is 0 Å². The number of nitrogen functional groups attached to an aromatic ring is 1. The summed E-state index contributed by atoms with van der Waals surface area (Å²) < 4.78 is 37.3. The number of ether oxygens (including phenoxy) is 1. The van der Waals surface area contributed by atoms with E-state index in [0.717, 1.165) is 33.2 Å². The van der Waals surface area contributed by atoms with E-state index in [1.165, 1.54) is 0 Å². The van der Waals surface area contributed by atoms with Gasteiger partial charge in [0.05, 0.1) is 0 Å². The predicted molar refractivity (Wildman–Crippen MR) is 154 cm³/mol. The van der Waals surface area contributed by atoms with Gasteiger partial charge in [-0.1, -0.05) is 36.4 Å². The lowest BCUT2D eigenvalue weighted by Gasteiger charge is -2.22. The molecule has 224 valence electrons. The van der Waals surface area contributed by atoms with E-state index < -0.39 is 24.3 Å². The number of alkyl halides is 3. The molecule has 6 N–H and O–H groups in total. The van der Waals surface area contributed by atoms with E-state index >= 15 is 0 Å². The van der Waals surface area contributed by atoms with Crippen molar-refractivity contribution < 1.29 is 37.4 Å². The number of aliphatic carboxylic acids is 1. The van der Waals surface area contributed by atoms with Crippen molar-refractivity contribution in [3.63, 3.8) is 0 Å². The van der Waals surface area contributed by atoms with Gasteiger partial charge in [-0.3, -0.25) is 10.1 Å². The van der Waals surface area contributed by atoms with Crippen molar-refractivity contribution in [1.29, 1.82) is 0 Å². The molecule has 0 radical (unpaired) electrons. The fourth-order valence-corrected chi connectivity index (χ4v) is 4.36. The van der Waals surface area contributed by atoms with Gasteiger partial charge >= 0.3 is 18.2 Å². The van der Waals surface area contributed by atoms with Gasteiger partial charge in [-0.2, -0.15) is 13.2 Å². The molecule has 10 nitrogen and oxygen atoms in total. The second-order valence-electron chi connectivity index (χ2n) is 9.72. The van der Waals surface area contributed by atoms with Gasteiger partial charge < -0.3 is 26.2 Å². The second kappa shape index (κ2) is 13.1. The number of rotatable bonds is 2. The molecular weight excluding hydrogens is 567 g/mol. The van der Waals surface area contributed by atoms with Crippen molar-refractivity contribution in [2.75, 3.05) is 16.4 Å². The first-order valence-corrected chi connectivity index (χ1v) is 13.0. The fraction of sp³-hybridized carbons (Fsp3) is 0.200. The molecule has 3 aromatic carbocycles. The molecule has 0 aliphatic carbocycles. The fourth-order valence-electron chi connectivity index (χ4n) is 4.36. The zero-order valence-corrected chi connectivity index (χ0v) is 22.8. The Balaban J connectivity index is 0.000000541. The number of fused-ring (bicyclic) bond motifs is 10. The number of nitrogens with one attached hydrogen (secondary N) is 3. The Bertz CT molecular complexity index is 1630. The van der Waals surface area contributed by atoms with Crippen molar-refractivity contribution in [2.24, 2.45) is 0 Å². The number of nitrogens with two attached hydrogens (primary N) is 1. The number of hydrogen-bond donors (Lipinski definition) is 5. The molecule has 2 amide bonds. The van der Waals surface area contributed by atoms with Crippen LogP contribution in [0.4, 0.5) is 35.2 Å². The van der Waals surface area contributed by atoms with Gasteiger partial charge in [0, 0.05) is 35.9 Å². The van der Waals surface area contributed by atoms with E-state index in [4.69, 9.17) is 20.4 Å². The molecule has 0 fully saturated rings. The Hall–Kier alpha value is -5.33. The van der Waals surface area contributed by atoms with E-state index in [1.54, 1.807) is 12.3 Å². The number of pyridine rings is 1. The number of benzene rings is 3.